The van der Waals surface area contributed by atoms with E-state index in [1.165, 1.54) is 4.90 Å². The molecule has 0 N–H and O–H groups in total. The molecule has 0 heterocycles. The molecule has 0 spiro atoms. The van der Waals surface area contributed by atoms with E-state index in [1.807, 2.05) is 24.3 Å². The Labute approximate surface area is 127 Å². The first-order valence-electron chi connectivity index (χ1n) is 7.81. The maximum atomic E-state index is 13.0. The second kappa shape index (κ2) is 6.42. The van der Waals surface area contributed by atoms with Crippen LogP contribution in [0.2, 0.25) is 0 Å². The monoisotopic (exact) mass is 287 g/mol. The number of benzene rings is 1. The van der Waals surface area contributed by atoms with Gasteiger partial charge in [0.25, 0.3) is 0 Å². The van der Waals surface area contributed by atoms with E-state index >= 15 is 0 Å². The second-order valence-corrected chi connectivity index (χ2v) is 6.68. The highest BCUT2D eigenvalue weighted by atomic mass is 16.1. The van der Waals surface area contributed by atoms with Crippen LogP contribution < -0.4 is 4.90 Å². The molecule has 1 fully saturated rings. The van der Waals surface area contributed by atoms with Gasteiger partial charge in [-0.3, -0.25) is 9.59 Å². The summed E-state index contributed by atoms with van der Waals surface area (Å²) in [5.74, 6) is 0.821. The molecule has 21 heavy (non-hydrogen) atoms. The molecule has 0 radical (unpaired) electrons. The lowest BCUT2D eigenvalue weighted by Gasteiger charge is -2.29. The Morgan fingerprint density at radius 1 is 1.24 bits per heavy atom. The largest absolute Gasteiger partial charge is 0.318 e. The maximum absolute atomic E-state index is 13.0. The van der Waals surface area contributed by atoms with E-state index in [1.54, 1.807) is 7.05 Å². The van der Waals surface area contributed by atoms with Gasteiger partial charge in [0, 0.05) is 23.7 Å². The minimum Gasteiger partial charge on any atom is -0.318 e. The van der Waals surface area contributed by atoms with E-state index in [0.29, 0.717) is 5.92 Å². The topological polar surface area (TPSA) is 37.4 Å². The van der Waals surface area contributed by atoms with Crippen LogP contribution in [0.1, 0.15) is 56.3 Å². The van der Waals surface area contributed by atoms with Crippen LogP contribution in [0, 0.1) is 11.3 Å². The number of carbonyl (C=O) groups excluding carboxylic acids is 2. The summed E-state index contributed by atoms with van der Waals surface area (Å²) >= 11 is 0. The molecule has 3 nitrogen and oxygen atoms in total. The van der Waals surface area contributed by atoms with Gasteiger partial charge >= 0.3 is 0 Å². The Morgan fingerprint density at radius 2 is 1.81 bits per heavy atom. The van der Waals surface area contributed by atoms with E-state index in [0.717, 1.165) is 49.8 Å². The molecular weight excluding hydrogens is 262 g/mol. The van der Waals surface area contributed by atoms with Gasteiger partial charge in [0.15, 0.2) is 5.78 Å². The number of anilines is 1. The fourth-order valence-electron chi connectivity index (χ4n) is 3.57. The molecule has 1 aromatic carbocycles. The smallest absolute Gasteiger partial charge is 0.213 e. The number of ketones is 1. The Kier molecular flexibility index (Phi) is 4.81. The fourth-order valence-corrected chi connectivity index (χ4v) is 3.57. The van der Waals surface area contributed by atoms with Crippen LogP contribution >= 0.6 is 0 Å². The highest BCUT2D eigenvalue weighted by molar-refractivity contribution is 6.01. The van der Waals surface area contributed by atoms with Crippen molar-refractivity contribution in [3.05, 3.63) is 29.8 Å². The molecule has 0 aromatic heterocycles. The van der Waals surface area contributed by atoms with Gasteiger partial charge in [-0.1, -0.05) is 26.7 Å². The van der Waals surface area contributed by atoms with Crippen LogP contribution in [0.4, 0.5) is 5.69 Å². The average Bonchev–Trinajstić information content (AvgIpc) is 2.94. The van der Waals surface area contributed by atoms with Gasteiger partial charge < -0.3 is 4.90 Å². The summed E-state index contributed by atoms with van der Waals surface area (Å²) in [6, 6.07) is 7.41. The first kappa shape index (κ1) is 15.7. The second-order valence-electron chi connectivity index (χ2n) is 6.68. The van der Waals surface area contributed by atoms with Gasteiger partial charge in [-0.25, -0.2) is 0 Å². The zero-order valence-electron chi connectivity index (χ0n) is 13.3. The molecule has 0 aliphatic heterocycles. The Bertz CT molecular complexity index is 498. The quantitative estimate of drug-likeness (QED) is 0.584. The van der Waals surface area contributed by atoms with Gasteiger partial charge in [0.2, 0.25) is 6.41 Å². The van der Waals surface area contributed by atoms with Crippen LogP contribution in [0.25, 0.3) is 0 Å². The Hall–Kier alpha value is -1.64. The Morgan fingerprint density at radius 3 is 2.29 bits per heavy atom. The number of hydrogen-bond acceptors (Lipinski definition) is 2. The molecular formula is C18H25NO2. The van der Waals surface area contributed by atoms with E-state index in [9.17, 15) is 9.59 Å². The molecule has 0 atom stereocenters. The first-order chi connectivity index (χ1) is 9.98. The summed E-state index contributed by atoms with van der Waals surface area (Å²) in [6.45, 7) is 4.38. The summed E-state index contributed by atoms with van der Waals surface area (Å²) in [4.78, 5) is 25.2. The van der Waals surface area contributed by atoms with Crippen molar-refractivity contribution in [1.29, 1.82) is 0 Å². The molecule has 1 amide bonds. The lowest BCUT2D eigenvalue weighted by atomic mass is 9.73. The number of rotatable bonds is 6. The van der Waals surface area contributed by atoms with Gasteiger partial charge in [-0.15, -0.1) is 0 Å². The Balaban J connectivity index is 2.23. The molecule has 0 unspecified atom stereocenters. The van der Waals surface area contributed by atoms with Crippen LogP contribution in [-0.2, 0) is 4.79 Å². The van der Waals surface area contributed by atoms with Gasteiger partial charge in [-0.2, -0.15) is 0 Å². The van der Waals surface area contributed by atoms with Crippen LogP contribution in [-0.4, -0.2) is 19.2 Å². The van der Waals surface area contributed by atoms with E-state index < -0.39 is 0 Å². The van der Waals surface area contributed by atoms with E-state index in [-0.39, 0.29) is 11.2 Å². The predicted octanol–water partition coefficient (Wildman–Crippen LogP) is 4.07. The van der Waals surface area contributed by atoms with Gasteiger partial charge in [0.1, 0.15) is 0 Å². The van der Waals surface area contributed by atoms with Crippen molar-refractivity contribution in [1.82, 2.24) is 0 Å². The zero-order valence-corrected chi connectivity index (χ0v) is 13.3. The number of hydrogen-bond donors (Lipinski definition) is 0. The minimum atomic E-state index is -0.160. The normalized spacial score (nSPS) is 17.0. The van der Waals surface area contributed by atoms with Gasteiger partial charge in [-0.05, 0) is 49.4 Å². The highest BCUT2D eigenvalue weighted by Crippen LogP contribution is 2.45. The zero-order chi connectivity index (χ0) is 15.5. The van der Waals surface area contributed by atoms with E-state index in [4.69, 9.17) is 0 Å². The van der Waals surface area contributed by atoms with Crippen LogP contribution in [0.5, 0.6) is 0 Å². The van der Waals surface area contributed by atoms with E-state index in [2.05, 4.69) is 13.8 Å². The molecule has 0 saturated heterocycles. The highest BCUT2D eigenvalue weighted by Gasteiger charge is 2.41. The fraction of sp³-hybridized carbons (Fsp3) is 0.556. The van der Waals surface area contributed by atoms with Crippen LogP contribution in [0.15, 0.2) is 24.3 Å². The molecule has 114 valence electrons. The maximum Gasteiger partial charge on any atom is 0.213 e. The number of nitrogens with zero attached hydrogens (tertiary/aromatic N) is 1. The van der Waals surface area contributed by atoms with Crippen molar-refractivity contribution < 1.29 is 9.59 Å². The third-order valence-corrected chi connectivity index (χ3v) is 4.54. The number of Topliss-reactive ketones (excluding diaryl/α,β-unsaturated/α-hetero) is 1. The summed E-state index contributed by atoms with van der Waals surface area (Å²) in [5, 5.41) is 0. The lowest BCUT2D eigenvalue weighted by molar-refractivity contribution is -0.107. The standard InChI is InChI=1S/C18H25NO2/c1-14(2)12-18(10-4-5-11-18)17(21)15-6-8-16(9-7-15)19(3)13-20/h6-9,13-14H,4-5,10-12H2,1-3H3. The lowest BCUT2D eigenvalue weighted by Crippen LogP contribution is -2.30. The summed E-state index contributed by atoms with van der Waals surface area (Å²) in [5.41, 5.74) is 1.43. The third-order valence-electron chi connectivity index (χ3n) is 4.54. The minimum absolute atomic E-state index is 0.160. The van der Waals surface area contributed by atoms with Crippen molar-refractivity contribution in [2.24, 2.45) is 11.3 Å². The summed E-state index contributed by atoms with van der Waals surface area (Å²) in [7, 11) is 1.71. The van der Waals surface area contributed by atoms with Crippen LogP contribution in [0.3, 0.4) is 0 Å². The molecule has 2 rings (SSSR count). The van der Waals surface area contributed by atoms with Crippen molar-refractivity contribution in [3.8, 4) is 0 Å². The number of amides is 1. The SMILES string of the molecule is CC(C)CC1(C(=O)c2ccc(N(C)C=O)cc2)CCCC1. The molecule has 1 aromatic rings. The first-order valence-corrected chi connectivity index (χ1v) is 7.81. The van der Waals surface area contributed by atoms with Crippen molar-refractivity contribution in [2.45, 2.75) is 46.0 Å². The molecule has 1 aliphatic rings. The molecule has 1 aliphatic carbocycles. The summed E-state index contributed by atoms with van der Waals surface area (Å²) < 4.78 is 0. The third kappa shape index (κ3) is 3.34. The average molecular weight is 287 g/mol. The molecule has 0 bridgehead atoms. The molecule has 1 saturated carbocycles. The van der Waals surface area contributed by atoms with Crippen molar-refractivity contribution >= 4 is 17.9 Å². The summed E-state index contributed by atoms with van der Waals surface area (Å²) in [6.07, 6.45) is 6.09. The molecule has 3 heteroatoms. The predicted molar refractivity (Wildman–Crippen MR) is 85.6 cm³/mol. The van der Waals surface area contributed by atoms with Crippen molar-refractivity contribution in [2.75, 3.05) is 11.9 Å². The number of carbonyl (C=O) groups is 2. The van der Waals surface area contributed by atoms with Gasteiger partial charge in [0.05, 0.1) is 0 Å². The van der Waals surface area contributed by atoms with Crippen molar-refractivity contribution in [3.63, 3.8) is 0 Å².